The van der Waals surface area contributed by atoms with Crippen LogP contribution in [0.15, 0.2) is 22.7 Å². The molecule has 0 saturated carbocycles. The molecule has 0 N–H and O–H groups in total. The largest absolute Gasteiger partial charge is 0.342 e. The standard InChI is InChI=1S/C9H3Cl2F2NO/c10-6-8(14-15-9(6)11)4-2-1-3-5(12)7(4)13/h1-3H. The van der Waals surface area contributed by atoms with Gasteiger partial charge in [-0.15, -0.1) is 0 Å². The highest BCUT2D eigenvalue weighted by molar-refractivity contribution is 6.42. The third-order valence-corrected chi connectivity index (χ3v) is 2.51. The molecule has 2 rings (SSSR count). The molecule has 6 heteroatoms. The Balaban J connectivity index is 2.64. The monoisotopic (exact) mass is 249 g/mol. The van der Waals surface area contributed by atoms with Crippen molar-refractivity contribution in [1.29, 1.82) is 0 Å². The second-order valence-corrected chi connectivity index (χ2v) is 3.44. The van der Waals surface area contributed by atoms with Gasteiger partial charge in [-0.05, 0) is 23.7 Å². The minimum atomic E-state index is -1.04. The number of hydrogen-bond acceptors (Lipinski definition) is 2. The molecule has 0 atom stereocenters. The molecule has 2 nitrogen and oxygen atoms in total. The summed E-state index contributed by atoms with van der Waals surface area (Å²) in [5, 5.41) is 3.24. The second-order valence-electron chi connectivity index (χ2n) is 2.72. The van der Waals surface area contributed by atoms with Gasteiger partial charge in [0.1, 0.15) is 10.7 Å². The molecule has 0 amide bonds. The number of benzene rings is 1. The minimum absolute atomic E-state index is 0.0151. The maximum atomic E-state index is 13.3. The number of hydrogen-bond donors (Lipinski definition) is 0. The molecule has 1 aromatic carbocycles. The summed E-state index contributed by atoms with van der Waals surface area (Å²) in [6.07, 6.45) is 0. The average Bonchev–Trinajstić information content (AvgIpc) is 2.53. The van der Waals surface area contributed by atoms with E-state index in [4.69, 9.17) is 23.2 Å². The van der Waals surface area contributed by atoms with Crippen molar-refractivity contribution in [1.82, 2.24) is 5.16 Å². The van der Waals surface area contributed by atoms with Gasteiger partial charge < -0.3 is 4.52 Å². The first-order chi connectivity index (χ1) is 7.11. The van der Waals surface area contributed by atoms with Crippen LogP contribution in [0.1, 0.15) is 0 Å². The van der Waals surface area contributed by atoms with E-state index in [1.807, 2.05) is 0 Å². The Morgan fingerprint density at radius 1 is 1.20 bits per heavy atom. The van der Waals surface area contributed by atoms with Gasteiger partial charge in [0.25, 0.3) is 0 Å². The van der Waals surface area contributed by atoms with E-state index in [-0.39, 0.29) is 21.5 Å². The molecule has 1 heterocycles. The predicted octanol–water partition coefficient (Wildman–Crippen LogP) is 3.93. The highest BCUT2D eigenvalue weighted by Crippen LogP contribution is 2.34. The Bertz CT molecular complexity index is 513. The van der Waals surface area contributed by atoms with Crippen LogP contribution in [0.4, 0.5) is 8.78 Å². The summed E-state index contributed by atoms with van der Waals surface area (Å²) in [6, 6.07) is 3.67. The molecule has 0 bridgehead atoms. The van der Waals surface area contributed by atoms with Gasteiger partial charge in [0, 0.05) is 5.56 Å². The van der Waals surface area contributed by atoms with Crippen molar-refractivity contribution in [2.24, 2.45) is 0 Å². The summed E-state index contributed by atoms with van der Waals surface area (Å²) < 4.78 is 30.8. The minimum Gasteiger partial charge on any atom is -0.342 e. The molecule has 1 aromatic heterocycles. The maximum absolute atomic E-state index is 13.3. The highest BCUT2D eigenvalue weighted by Gasteiger charge is 2.18. The maximum Gasteiger partial charge on any atom is 0.245 e. The van der Waals surface area contributed by atoms with Crippen LogP contribution in [0.2, 0.25) is 10.2 Å². The second kappa shape index (κ2) is 3.79. The van der Waals surface area contributed by atoms with E-state index in [1.165, 1.54) is 12.1 Å². The molecular formula is C9H3Cl2F2NO. The van der Waals surface area contributed by atoms with Gasteiger partial charge in [0.2, 0.25) is 5.22 Å². The average molecular weight is 250 g/mol. The van der Waals surface area contributed by atoms with Crippen molar-refractivity contribution >= 4 is 23.2 Å². The van der Waals surface area contributed by atoms with Crippen LogP contribution in [0.5, 0.6) is 0 Å². The molecule has 0 spiro atoms. The smallest absolute Gasteiger partial charge is 0.245 e. The van der Waals surface area contributed by atoms with E-state index in [0.29, 0.717) is 0 Å². The van der Waals surface area contributed by atoms with Gasteiger partial charge in [-0.25, -0.2) is 8.78 Å². The fraction of sp³-hybridized carbons (Fsp3) is 0. The van der Waals surface area contributed by atoms with E-state index in [1.54, 1.807) is 0 Å². The molecule has 0 aliphatic heterocycles. The van der Waals surface area contributed by atoms with E-state index >= 15 is 0 Å². The quantitative estimate of drug-likeness (QED) is 0.766. The highest BCUT2D eigenvalue weighted by atomic mass is 35.5. The molecule has 2 aromatic rings. The molecule has 0 unspecified atom stereocenters. The van der Waals surface area contributed by atoms with Crippen molar-refractivity contribution in [2.75, 3.05) is 0 Å². The van der Waals surface area contributed by atoms with Gasteiger partial charge in [-0.3, -0.25) is 0 Å². The predicted molar refractivity (Wildman–Crippen MR) is 51.9 cm³/mol. The van der Waals surface area contributed by atoms with Crippen LogP contribution in [0.3, 0.4) is 0 Å². The number of rotatable bonds is 1. The first kappa shape index (κ1) is 10.4. The molecule has 0 aliphatic carbocycles. The Morgan fingerprint density at radius 3 is 2.53 bits per heavy atom. The molecule has 0 radical (unpaired) electrons. The van der Waals surface area contributed by atoms with Gasteiger partial charge in [0.15, 0.2) is 11.6 Å². The molecule has 78 valence electrons. The molecule has 0 aliphatic rings. The van der Waals surface area contributed by atoms with Crippen molar-refractivity contribution < 1.29 is 13.3 Å². The van der Waals surface area contributed by atoms with E-state index < -0.39 is 11.6 Å². The van der Waals surface area contributed by atoms with Crippen molar-refractivity contribution in [3.8, 4) is 11.3 Å². The van der Waals surface area contributed by atoms with Crippen molar-refractivity contribution in [3.05, 3.63) is 40.1 Å². The number of halogens is 4. The summed E-state index contributed by atoms with van der Waals surface area (Å²) in [6.45, 7) is 0. The molecule has 15 heavy (non-hydrogen) atoms. The Labute approximate surface area is 93.4 Å². The number of aromatic nitrogens is 1. The first-order valence-electron chi connectivity index (χ1n) is 3.86. The SMILES string of the molecule is Fc1cccc(-c2noc(Cl)c2Cl)c1F. The normalized spacial score (nSPS) is 10.7. The first-order valence-corrected chi connectivity index (χ1v) is 4.62. The van der Waals surface area contributed by atoms with Crippen molar-refractivity contribution in [3.63, 3.8) is 0 Å². The van der Waals surface area contributed by atoms with E-state index in [9.17, 15) is 8.78 Å². The third kappa shape index (κ3) is 1.70. The fourth-order valence-electron chi connectivity index (χ4n) is 1.11. The zero-order valence-corrected chi connectivity index (χ0v) is 8.61. The molecule has 0 fully saturated rings. The van der Waals surface area contributed by atoms with Crippen LogP contribution in [-0.4, -0.2) is 5.16 Å². The van der Waals surface area contributed by atoms with Crippen LogP contribution in [-0.2, 0) is 0 Å². The summed E-state index contributed by atoms with van der Waals surface area (Å²) in [7, 11) is 0. The zero-order chi connectivity index (χ0) is 11.0. The third-order valence-electron chi connectivity index (χ3n) is 1.80. The summed E-state index contributed by atoms with van der Waals surface area (Å²) >= 11 is 11.2. The molecule has 0 saturated heterocycles. The topological polar surface area (TPSA) is 26.0 Å². The van der Waals surface area contributed by atoms with Crippen LogP contribution in [0.25, 0.3) is 11.3 Å². The van der Waals surface area contributed by atoms with Gasteiger partial charge >= 0.3 is 0 Å². The number of nitrogens with zero attached hydrogens (tertiary/aromatic N) is 1. The Kier molecular flexibility index (Phi) is 2.63. The summed E-state index contributed by atoms with van der Waals surface area (Å²) in [5.74, 6) is -2.02. The Morgan fingerprint density at radius 2 is 1.93 bits per heavy atom. The lowest BCUT2D eigenvalue weighted by molar-refractivity contribution is 0.423. The fourth-order valence-corrected chi connectivity index (χ4v) is 1.41. The van der Waals surface area contributed by atoms with Gasteiger partial charge in [-0.1, -0.05) is 22.8 Å². The lowest BCUT2D eigenvalue weighted by Gasteiger charge is -1.99. The summed E-state index contributed by atoms with van der Waals surface area (Å²) in [5.41, 5.74) is -0.102. The van der Waals surface area contributed by atoms with Gasteiger partial charge in [-0.2, -0.15) is 0 Å². The zero-order valence-electron chi connectivity index (χ0n) is 7.10. The summed E-state index contributed by atoms with van der Waals surface area (Å²) in [4.78, 5) is 0. The van der Waals surface area contributed by atoms with E-state index in [2.05, 4.69) is 9.68 Å². The van der Waals surface area contributed by atoms with Crippen LogP contribution < -0.4 is 0 Å². The van der Waals surface area contributed by atoms with Crippen molar-refractivity contribution in [2.45, 2.75) is 0 Å². The van der Waals surface area contributed by atoms with Crippen LogP contribution >= 0.6 is 23.2 Å². The van der Waals surface area contributed by atoms with Gasteiger partial charge in [0.05, 0.1) is 0 Å². The van der Waals surface area contributed by atoms with E-state index in [0.717, 1.165) is 6.07 Å². The van der Waals surface area contributed by atoms with Crippen LogP contribution in [0, 0.1) is 11.6 Å². The lowest BCUT2D eigenvalue weighted by Crippen LogP contribution is -1.89. The lowest BCUT2D eigenvalue weighted by atomic mass is 10.1. The Hall–Kier alpha value is -1.13. The molecular weight excluding hydrogens is 247 g/mol.